The Hall–Kier alpha value is -1.55. The summed E-state index contributed by atoms with van der Waals surface area (Å²) >= 11 is 0. The van der Waals surface area contributed by atoms with Gasteiger partial charge in [0.1, 0.15) is 0 Å². The highest BCUT2D eigenvalue weighted by molar-refractivity contribution is 5.89. The van der Waals surface area contributed by atoms with Crippen LogP contribution in [0.5, 0.6) is 0 Å². The maximum absolute atomic E-state index is 12.2. The first kappa shape index (κ1) is 14.9. The molecule has 1 fully saturated rings. The van der Waals surface area contributed by atoms with Gasteiger partial charge in [-0.15, -0.1) is 0 Å². The topological polar surface area (TPSA) is 41.6 Å². The van der Waals surface area contributed by atoms with E-state index < -0.39 is 0 Å². The van der Waals surface area contributed by atoms with E-state index in [4.69, 9.17) is 4.74 Å². The van der Waals surface area contributed by atoms with Gasteiger partial charge in [-0.25, -0.2) is 4.79 Å². The van der Waals surface area contributed by atoms with Gasteiger partial charge in [0.15, 0.2) is 0 Å². The van der Waals surface area contributed by atoms with Crippen molar-refractivity contribution in [2.24, 2.45) is 0 Å². The number of carbonyl (C=O) groups is 1. The van der Waals surface area contributed by atoms with E-state index >= 15 is 0 Å². The first-order valence-electron chi connectivity index (χ1n) is 7.27. The number of benzene rings is 1. The van der Waals surface area contributed by atoms with Crippen molar-refractivity contribution >= 4 is 11.7 Å². The smallest absolute Gasteiger partial charge is 0.322 e. The van der Waals surface area contributed by atoms with Gasteiger partial charge in [0.05, 0.1) is 12.2 Å². The van der Waals surface area contributed by atoms with Crippen LogP contribution in [0.1, 0.15) is 39.2 Å². The van der Waals surface area contributed by atoms with Crippen LogP contribution in [0.4, 0.5) is 10.5 Å². The minimum Gasteiger partial charge on any atom is -0.372 e. The molecule has 4 nitrogen and oxygen atoms in total. The van der Waals surface area contributed by atoms with Crippen molar-refractivity contribution in [1.82, 2.24) is 4.90 Å². The fraction of sp³-hybridized carbons (Fsp3) is 0.562. The van der Waals surface area contributed by atoms with E-state index in [9.17, 15) is 4.79 Å². The fourth-order valence-electron chi connectivity index (χ4n) is 2.50. The van der Waals surface area contributed by atoms with E-state index in [1.54, 1.807) is 0 Å². The van der Waals surface area contributed by atoms with Crippen LogP contribution in [0.15, 0.2) is 24.3 Å². The first-order chi connectivity index (χ1) is 9.45. The average Bonchev–Trinajstić information content (AvgIpc) is 2.38. The van der Waals surface area contributed by atoms with Gasteiger partial charge in [-0.1, -0.05) is 26.0 Å². The molecule has 0 aliphatic carbocycles. The quantitative estimate of drug-likeness (QED) is 0.899. The number of carbonyl (C=O) groups excluding carboxylic acids is 1. The van der Waals surface area contributed by atoms with Crippen LogP contribution in [-0.4, -0.2) is 36.2 Å². The number of nitrogens with zero attached hydrogens (tertiary/aromatic N) is 1. The van der Waals surface area contributed by atoms with Gasteiger partial charge >= 0.3 is 6.03 Å². The third-order valence-corrected chi connectivity index (χ3v) is 3.54. The summed E-state index contributed by atoms with van der Waals surface area (Å²) in [5.41, 5.74) is 2.11. The van der Waals surface area contributed by atoms with Gasteiger partial charge in [0.25, 0.3) is 0 Å². The lowest BCUT2D eigenvalue weighted by molar-refractivity contribution is -0.0530. The monoisotopic (exact) mass is 276 g/mol. The molecule has 1 heterocycles. The Bertz CT molecular complexity index is 446. The Morgan fingerprint density at radius 1 is 1.20 bits per heavy atom. The van der Waals surface area contributed by atoms with Crippen molar-refractivity contribution in [3.05, 3.63) is 29.8 Å². The number of ether oxygens (including phenoxy) is 1. The van der Waals surface area contributed by atoms with Crippen molar-refractivity contribution in [3.8, 4) is 0 Å². The second-order valence-corrected chi connectivity index (χ2v) is 5.87. The average molecular weight is 276 g/mol. The van der Waals surface area contributed by atoms with Crippen molar-refractivity contribution in [2.75, 3.05) is 18.4 Å². The summed E-state index contributed by atoms with van der Waals surface area (Å²) in [4.78, 5) is 14.1. The van der Waals surface area contributed by atoms with Gasteiger partial charge in [0.2, 0.25) is 0 Å². The minimum atomic E-state index is -0.0516. The summed E-state index contributed by atoms with van der Waals surface area (Å²) in [7, 11) is 0. The van der Waals surface area contributed by atoms with Crippen LogP contribution in [0.2, 0.25) is 0 Å². The number of anilines is 1. The molecule has 1 aliphatic rings. The summed E-state index contributed by atoms with van der Waals surface area (Å²) in [5, 5.41) is 2.95. The molecule has 1 aliphatic heterocycles. The van der Waals surface area contributed by atoms with Crippen molar-refractivity contribution in [2.45, 2.75) is 45.8 Å². The third-order valence-electron chi connectivity index (χ3n) is 3.54. The molecule has 0 aromatic heterocycles. The number of hydrogen-bond donors (Lipinski definition) is 1. The van der Waals surface area contributed by atoms with E-state index in [2.05, 4.69) is 31.3 Å². The standard InChI is InChI=1S/C16H24N2O2/c1-11(2)14-5-7-15(8-6-14)17-16(19)18-9-12(3)20-13(4)10-18/h5-8,11-13H,9-10H2,1-4H3,(H,17,19)/t12-,13-/m0/s1. The van der Waals surface area contributed by atoms with Gasteiger partial charge < -0.3 is 15.0 Å². The van der Waals surface area contributed by atoms with E-state index in [-0.39, 0.29) is 18.2 Å². The Balaban J connectivity index is 1.97. The zero-order chi connectivity index (χ0) is 14.7. The number of amides is 2. The van der Waals surface area contributed by atoms with Gasteiger partial charge in [-0.2, -0.15) is 0 Å². The highest BCUT2D eigenvalue weighted by Gasteiger charge is 2.25. The molecule has 20 heavy (non-hydrogen) atoms. The molecule has 0 spiro atoms. The van der Waals surface area contributed by atoms with Crippen molar-refractivity contribution in [3.63, 3.8) is 0 Å². The Morgan fingerprint density at radius 3 is 2.25 bits per heavy atom. The molecule has 1 saturated heterocycles. The number of morpholine rings is 1. The number of urea groups is 1. The lowest BCUT2D eigenvalue weighted by Gasteiger charge is -2.35. The van der Waals surface area contributed by atoms with E-state index in [0.29, 0.717) is 19.0 Å². The Morgan fingerprint density at radius 2 is 1.75 bits per heavy atom. The fourth-order valence-corrected chi connectivity index (χ4v) is 2.50. The highest BCUT2D eigenvalue weighted by Crippen LogP contribution is 2.18. The molecular formula is C16H24N2O2. The normalized spacial score (nSPS) is 22.9. The molecule has 4 heteroatoms. The van der Waals surface area contributed by atoms with Crippen LogP contribution in [-0.2, 0) is 4.74 Å². The number of hydrogen-bond acceptors (Lipinski definition) is 2. The molecule has 2 atom stereocenters. The van der Waals surface area contributed by atoms with Crippen LogP contribution in [0.25, 0.3) is 0 Å². The summed E-state index contributed by atoms with van der Waals surface area (Å²) in [6, 6.07) is 7.99. The van der Waals surface area contributed by atoms with Crippen molar-refractivity contribution in [1.29, 1.82) is 0 Å². The van der Waals surface area contributed by atoms with E-state index in [1.807, 2.05) is 30.9 Å². The molecule has 0 radical (unpaired) electrons. The zero-order valence-corrected chi connectivity index (χ0v) is 12.7. The first-order valence-corrected chi connectivity index (χ1v) is 7.27. The molecule has 0 bridgehead atoms. The zero-order valence-electron chi connectivity index (χ0n) is 12.7. The van der Waals surface area contributed by atoms with Crippen LogP contribution in [0.3, 0.4) is 0 Å². The van der Waals surface area contributed by atoms with Crippen LogP contribution in [0, 0.1) is 0 Å². The van der Waals surface area contributed by atoms with Gasteiger partial charge in [0, 0.05) is 18.8 Å². The predicted molar refractivity (Wildman–Crippen MR) is 81.1 cm³/mol. The van der Waals surface area contributed by atoms with Crippen LogP contribution < -0.4 is 5.32 Å². The minimum absolute atomic E-state index is 0.0516. The molecule has 1 aromatic carbocycles. The van der Waals surface area contributed by atoms with Gasteiger partial charge in [-0.05, 0) is 37.5 Å². The molecule has 2 amide bonds. The molecule has 0 saturated carbocycles. The molecule has 110 valence electrons. The van der Waals surface area contributed by atoms with Crippen LogP contribution >= 0.6 is 0 Å². The maximum Gasteiger partial charge on any atom is 0.322 e. The predicted octanol–water partition coefficient (Wildman–Crippen LogP) is 3.45. The summed E-state index contributed by atoms with van der Waals surface area (Å²) < 4.78 is 5.64. The SMILES string of the molecule is CC(C)c1ccc(NC(=O)N2C[C@H](C)O[C@@H](C)C2)cc1. The molecule has 2 rings (SSSR count). The lowest BCUT2D eigenvalue weighted by Crippen LogP contribution is -2.49. The Labute approximate surface area is 121 Å². The lowest BCUT2D eigenvalue weighted by atomic mass is 10.0. The molecular weight excluding hydrogens is 252 g/mol. The summed E-state index contributed by atoms with van der Waals surface area (Å²) in [6.07, 6.45) is 0.181. The number of nitrogens with one attached hydrogen (secondary N) is 1. The Kier molecular flexibility index (Phi) is 4.65. The maximum atomic E-state index is 12.2. The molecule has 1 aromatic rings. The van der Waals surface area contributed by atoms with Crippen molar-refractivity contribution < 1.29 is 9.53 Å². The van der Waals surface area contributed by atoms with E-state index in [1.165, 1.54) is 5.56 Å². The second-order valence-electron chi connectivity index (χ2n) is 5.87. The second kappa shape index (κ2) is 6.27. The summed E-state index contributed by atoms with van der Waals surface area (Å²) in [6.45, 7) is 9.58. The molecule has 1 N–H and O–H groups in total. The van der Waals surface area contributed by atoms with Gasteiger partial charge in [-0.3, -0.25) is 0 Å². The molecule has 0 unspecified atom stereocenters. The highest BCUT2D eigenvalue weighted by atomic mass is 16.5. The summed E-state index contributed by atoms with van der Waals surface area (Å²) in [5.74, 6) is 0.501. The largest absolute Gasteiger partial charge is 0.372 e. The number of rotatable bonds is 2. The van der Waals surface area contributed by atoms with E-state index in [0.717, 1.165) is 5.69 Å². The third kappa shape index (κ3) is 3.73.